The molecular weight excluding hydrogens is 414 g/mol. The quantitative estimate of drug-likeness (QED) is 0.787. The summed E-state index contributed by atoms with van der Waals surface area (Å²) >= 11 is 0.979. The van der Waals surface area contributed by atoms with Crippen molar-refractivity contribution in [2.24, 2.45) is 11.8 Å². The van der Waals surface area contributed by atoms with E-state index in [1.165, 1.54) is 0 Å². The Morgan fingerprint density at radius 3 is 2.42 bits per heavy atom. The lowest BCUT2D eigenvalue weighted by atomic mass is 9.93. The van der Waals surface area contributed by atoms with Crippen molar-refractivity contribution in [2.75, 3.05) is 31.5 Å². The van der Waals surface area contributed by atoms with E-state index in [9.17, 15) is 14.4 Å². The molecule has 2 aromatic rings. The van der Waals surface area contributed by atoms with E-state index >= 15 is 0 Å². The zero-order valence-electron chi connectivity index (χ0n) is 17.6. The van der Waals surface area contributed by atoms with Gasteiger partial charge in [0.2, 0.25) is 15.9 Å². The number of hydrogen-bond acceptors (Lipinski definition) is 6. The van der Waals surface area contributed by atoms with E-state index in [4.69, 9.17) is 0 Å². The molecule has 0 unspecified atom stereocenters. The minimum atomic E-state index is -0.395. The molecule has 3 amide bonds. The highest BCUT2D eigenvalue weighted by Gasteiger charge is 2.33. The van der Waals surface area contributed by atoms with E-state index in [2.05, 4.69) is 22.4 Å². The van der Waals surface area contributed by atoms with Crippen LogP contribution in [0.15, 0.2) is 30.3 Å². The van der Waals surface area contributed by atoms with Gasteiger partial charge in [0.05, 0.1) is 5.92 Å². The first-order valence-electron chi connectivity index (χ1n) is 10.8. The van der Waals surface area contributed by atoms with E-state index in [0.717, 1.165) is 50.1 Å². The fourth-order valence-corrected chi connectivity index (χ4v) is 4.80. The number of likely N-dealkylation sites (tertiary alicyclic amines) is 2. The predicted molar refractivity (Wildman–Crippen MR) is 118 cm³/mol. The fourth-order valence-electron chi connectivity index (χ4n) is 4.09. The third-order valence-electron chi connectivity index (χ3n) is 5.99. The molecule has 1 aromatic heterocycles. The summed E-state index contributed by atoms with van der Waals surface area (Å²) < 4.78 is 0. The molecule has 2 fully saturated rings. The van der Waals surface area contributed by atoms with Crippen molar-refractivity contribution in [3.8, 4) is 0 Å². The van der Waals surface area contributed by atoms with Gasteiger partial charge in [0, 0.05) is 31.9 Å². The summed E-state index contributed by atoms with van der Waals surface area (Å²) in [7, 11) is 0. The molecular formula is C22H27N5O3S. The number of benzene rings is 1. The van der Waals surface area contributed by atoms with Crippen molar-refractivity contribution in [1.82, 2.24) is 20.0 Å². The molecule has 31 heavy (non-hydrogen) atoms. The molecule has 9 heteroatoms. The van der Waals surface area contributed by atoms with Crippen LogP contribution in [0.4, 0.5) is 5.69 Å². The summed E-state index contributed by atoms with van der Waals surface area (Å²) in [6.07, 6.45) is 3.67. The summed E-state index contributed by atoms with van der Waals surface area (Å²) in [5, 5.41) is 10.9. The van der Waals surface area contributed by atoms with Gasteiger partial charge in [-0.25, -0.2) is 0 Å². The van der Waals surface area contributed by atoms with Crippen LogP contribution in [-0.2, 0) is 4.79 Å². The molecule has 0 spiro atoms. The van der Waals surface area contributed by atoms with Crippen LogP contribution in [0.5, 0.6) is 0 Å². The highest BCUT2D eigenvalue weighted by atomic mass is 32.1. The van der Waals surface area contributed by atoms with Gasteiger partial charge in [-0.15, -0.1) is 10.2 Å². The molecule has 2 aliphatic rings. The lowest BCUT2D eigenvalue weighted by Crippen LogP contribution is -2.48. The lowest BCUT2D eigenvalue weighted by Gasteiger charge is -2.37. The number of carbonyl (C=O) groups excluding carboxylic acids is 3. The maximum atomic E-state index is 13.0. The smallest absolute Gasteiger partial charge is 0.286 e. The van der Waals surface area contributed by atoms with Gasteiger partial charge < -0.3 is 15.1 Å². The van der Waals surface area contributed by atoms with Crippen LogP contribution in [0.1, 0.15) is 52.2 Å². The molecule has 0 saturated carbocycles. The molecule has 164 valence electrons. The van der Waals surface area contributed by atoms with Crippen LogP contribution in [0.2, 0.25) is 0 Å². The Morgan fingerprint density at radius 1 is 0.968 bits per heavy atom. The second-order valence-corrected chi connectivity index (χ2v) is 9.31. The second kappa shape index (κ2) is 9.55. The van der Waals surface area contributed by atoms with Crippen LogP contribution in [0, 0.1) is 11.8 Å². The third-order valence-corrected chi connectivity index (χ3v) is 6.90. The zero-order valence-corrected chi connectivity index (χ0v) is 18.4. The van der Waals surface area contributed by atoms with Crippen molar-refractivity contribution in [2.45, 2.75) is 32.6 Å². The first-order chi connectivity index (χ1) is 15.0. The highest BCUT2D eigenvalue weighted by Crippen LogP contribution is 2.24. The Labute approximate surface area is 185 Å². The van der Waals surface area contributed by atoms with Crippen LogP contribution < -0.4 is 5.32 Å². The molecule has 1 atom stereocenters. The van der Waals surface area contributed by atoms with E-state index in [1.807, 2.05) is 23.1 Å². The zero-order chi connectivity index (χ0) is 21.8. The maximum Gasteiger partial charge on any atom is 0.286 e. The molecule has 2 aliphatic heterocycles. The largest absolute Gasteiger partial charge is 0.342 e. The lowest BCUT2D eigenvalue weighted by molar-refractivity contribution is -0.138. The maximum absolute atomic E-state index is 13.0. The Morgan fingerprint density at radius 2 is 1.68 bits per heavy atom. The highest BCUT2D eigenvalue weighted by molar-refractivity contribution is 7.15. The van der Waals surface area contributed by atoms with Gasteiger partial charge in [-0.05, 0) is 43.7 Å². The van der Waals surface area contributed by atoms with Crippen molar-refractivity contribution in [1.29, 1.82) is 0 Å². The normalized spacial score (nSPS) is 19.8. The van der Waals surface area contributed by atoms with Gasteiger partial charge in [0.1, 0.15) is 0 Å². The van der Waals surface area contributed by atoms with E-state index < -0.39 is 5.91 Å². The van der Waals surface area contributed by atoms with Crippen molar-refractivity contribution < 1.29 is 14.4 Å². The summed E-state index contributed by atoms with van der Waals surface area (Å²) in [5.41, 5.74) is 0.653. The van der Waals surface area contributed by atoms with Crippen molar-refractivity contribution in [3.63, 3.8) is 0 Å². The molecule has 0 radical (unpaired) electrons. The number of carbonyl (C=O) groups is 3. The van der Waals surface area contributed by atoms with Gasteiger partial charge >= 0.3 is 0 Å². The number of rotatable bonds is 4. The molecule has 3 heterocycles. The number of nitrogens with one attached hydrogen (secondary N) is 1. The molecule has 4 rings (SSSR count). The van der Waals surface area contributed by atoms with Crippen LogP contribution in [0.3, 0.4) is 0 Å². The van der Waals surface area contributed by atoms with Gasteiger partial charge in [-0.1, -0.05) is 36.5 Å². The predicted octanol–water partition coefficient (Wildman–Crippen LogP) is 2.90. The summed E-state index contributed by atoms with van der Waals surface area (Å²) in [6, 6.07) is 9.06. The van der Waals surface area contributed by atoms with E-state index in [0.29, 0.717) is 24.7 Å². The number of nitrogens with zero attached hydrogens (tertiary/aromatic N) is 4. The number of piperidine rings is 2. The van der Waals surface area contributed by atoms with Crippen LogP contribution >= 0.6 is 11.3 Å². The van der Waals surface area contributed by atoms with E-state index in [-0.39, 0.29) is 27.7 Å². The second-order valence-electron chi connectivity index (χ2n) is 8.33. The number of anilines is 1. The fraction of sp³-hybridized carbons (Fsp3) is 0.500. The summed E-state index contributed by atoms with van der Waals surface area (Å²) in [5.74, 6) is -0.00144. The number of hydrogen-bond donors (Lipinski definition) is 1. The Bertz CT molecular complexity index is 940. The number of amides is 3. The third kappa shape index (κ3) is 5.10. The first kappa shape index (κ1) is 21.4. The summed E-state index contributed by atoms with van der Waals surface area (Å²) in [6.45, 7) is 4.82. The monoisotopic (exact) mass is 441 g/mol. The molecule has 1 N–H and O–H groups in total. The summed E-state index contributed by atoms with van der Waals surface area (Å²) in [4.78, 5) is 41.9. The average Bonchev–Trinajstić information content (AvgIpc) is 3.30. The first-order valence-corrected chi connectivity index (χ1v) is 11.6. The van der Waals surface area contributed by atoms with Gasteiger partial charge in [-0.3, -0.25) is 14.4 Å². The number of para-hydroxylation sites is 1. The van der Waals surface area contributed by atoms with Crippen molar-refractivity contribution in [3.05, 3.63) is 40.3 Å². The molecule has 8 nitrogen and oxygen atoms in total. The Balaban J connectivity index is 1.37. The Hall–Kier alpha value is -2.81. The van der Waals surface area contributed by atoms with E-state index in [1.54, 1.807) is 17.0 Å². The minimum Gasteiger partial charge on any atom is -0.342 e. The van der Waals surface area contributed by atoms with Crippen LogP contribution in [-0.4, -0.2) is 63.9 Å². The van der Waals surface area contributed by atoms with Gasteiger partial charge in [0.15, 0.2) is 0 Å². The topological polar surface area (TPSA) is 95.5 Å². The standard InChI is InChI=1S/C22H27N5O3S/c1-15-9-12-26(13-10-15)21(29)16-6-5-11-27(14-16)22(30)20-25-24-19(31-20)18(28)23-17-7-3-2-4-8-17/h2-4,7-8,15-16H,5-6,9-14H2,1H3,(H,23,28)/t16-/m1/s1. The number of aromatic nitrogens is 2. The Kier molecular flexibility index (Phi) is 6.60. The minimum absolute atomic E-state index is 0.138. The van der Waals surface area contributed by atoms with Crippen molar-refractivity contribution >= 4 is 34.7 Å². The molecule has 0 bridgehead atoms. The van der Waals surface area contributed by atoms with Gasteiger partial charge in [-0.2, -0.15) is 0 Å². The molecule has 2 saturated heterocycles. The SMILES string of the molecule is CC1CCN(C(=O)[C@@H]2CCCN(C(=O)c3nnc(C(=O)Nc4ccccc4)s3)C2)CC1. The average molecular weight is 442 g/mol. The van der Waals surface area contributed by atoms with Crippen LogP contribution in [0.25, 0.3) is 0 Å². The van der Waals surface area contributed by atoms with Gasteiger partial charge in [0.25, 0.3) is 11.8 Å². The molecule has 1 aromatic carbocycles. The molecule has 0 aliphatic carbocycles.